The second kappa shape index (κ2) is 22.7. The van der Waals surface area contributed by atoms with Crippen LogP contribution in [-0.4, -0.2) is 65.6 Å². The predicted octanol–water partition coefficient (Wildman–Crippen LogP) is -0.571. The van der Waals surface area contributed by atoms with Crippen LogP contribution in [0.1, 0.15) is 46.5 Å². The maximum atomic E-state index is 11.1. The maximum absolute atomic E-state index is 11.1. The SMILES string of the molecule is CCC(=O)NCCSCCC(=O)NN.CCC(=O)NCCSCCC(=O)NNC(C)=O. The highest BCUT2D eigenvalue weighted by atomic mass is 32.2. The van der Waals surface area contributed by atoms with E-state index in [0.717, 1.165) is 17.3 Å². The van der Waals surface area contributed by atoms with Gasteiger partial charge in [-0.05, 0) is 0 Å². The summed E-state index contributed by atoms with van der Waals surface area (Å²) in [5, 5.41) is 5.49. The average molecular weight is 481 g/mol. The number of carbonyl (C=O) groups excluding carboxylic acids is 5. The third kappa shape index (κ3) is 26.0. The van der Waals surface area contributed by atoms with Crippen molar-refractivity contribution >= 4 is 53.1 Å². The Hall–Kier alpha value is -1.99. The molecule has 180 valence electrons. The highest BCUT2D eigenvalue weighted by Crippen LogP contribution is 2.01. The van der Waals surface area contributed by atoms with E-state index in [1.807, 2.05) is 6.92 Å². The molecule has 0 aromatic carbocycles. The van der Waals surface area contributed by atoms with Gasteiger partial charge in [-0.1, -0.05) is 13.8 Å². The van der Waals surface area contributed by atoms with E-state index in [0.29, 0.717) is 44.5 Å². The summed E-state index contributed by atoms with van der Waals surface area (Å²) in [5.74, 6) is 7.32. The van der Waals surface area contributed by atoms with E-state index in [1.54, 1.807) is 30.4 Å². The molecule has 0 atom stereocenters. The van der Waals surface area contributed by atoms with Crippen LogP contribution in [0.25, 0.3) is 0 Å². The molecule has 0 bridgehead atoms. The minimum absolute atomic E-state index is 0.0361. The molecule has 7 N–H and O–H groups in total. The number of thioether (sulfide) groups is 2. The van der Waals surface area contributed by atoms with Crippen LogP contribution in [0.15, 0.2) is 0 Å². The maximum Gasteiger partial charge on any atom is 0.239 e. The smallest absolute Gasteiger partial charge is 0.239 e. The summed E-state index contributed by atoms with van der Waals surface area (Å²) >= 11 is 3.20. The molecule has 0 radical (unpaired) electrons. The number of rotatable bonds is 14. The van der Waals surface area contributed by atoms with Gasteiger partial charge in [-0.3, -0.25) is 40.3 Å². The van der Waals surface area contributed by atoms with Crippen molar-refractivity contribution in [3.05, 3.63) is 0 Å². The molecule has 0 aromatic heterocycles. The highest BCUT2D eigenvalue weighted by Gasteiger charge is 2.02. The largest absolute Gasteiger partial charge is 0.355 e. The monoisotopic (exact) mass is 480 g/mol. The highest BCUT2D eigenvalue weighted by molar-refractivity contribution is 7.99. The molecule has 0 spiro atoms. The average Bonchev–Trinajstić information content (AvgIpc) is 2.76. The van der Waals surface area contributed by atoms with E-state index in [-0.39, 0.29) is 29.5 Å². The molecule has 31 heavy (non-hydrogen) atoms. The number of nitrogens with two attached hydrogens (primary N) is 1. The molecule has 0 heterocycles. The number of nitrogens with one attached hydrogen (secondary N) is 5. The van der Waals surface area contributed by atoms with Gasteiger partial charge in [-0.2, -0.15) is 23.5 Å². The Morgan fingerprint density at radius 3 is 1.52 bits per heavy atom. The quantitative estimate of drug-likeness (QED) is 0.0830. The number of carbonyl (C=O) groups is 5. The van der Waals surface area contributed by atoms with Gasteiger partial charge in [-0.15, -0.1) is 0 Å². The zero-order chi connectivity index (χ0) is 23.9. The van der Waals surface area contributed by atoms with Crippen LogP contribution < -0.4 is 32.8 Å². The van der Waals surface area contributed by atoms with Crippen molar-refractivity contribution in [1.29, 1.82) is 0 Å². The molecule has 0 aromatic rings. The zero-order valence-electron chi connectivity index (χ0n) is 18.5. The summed E-state index contributed by atoms with van der Waals surface area (Å²) < 4.78 is 0. The fraction of sp³-hybridized carbons (Fsp3) is 0.722. The van der Waals surface area contributed by atoms with Crippen LogP contribution in [0.3, 0.4) is 0 Å². The molecular formula is C18H36N6O5S2. The first-order chi connectivity index (χ1) is 14.8. The van der Waals surface area contributed by atoms with Gasteiger partial charge in [0.15, 0.2) is 0 Å². The molecule has 5 amide bonds. The van der Waals surface area contributed by atoms with Crippen molar-refractivity contribution in [2.45, 2.75) is 46.5 Å². The Bertz CT molecular complexity index is 532. The van der Waals surface area contributed by atoms with Crippen molar-refractivity contribution in [3.63, 3.8) is 0 Å². The van der Waals surface area contributed by atoms with Crippen LogP contribution in [0.2, 0.25) is 0 Å². The summed E-state index contributed by atoms with van der Waals surface area (Å²) in [5.41, 5.74) is 6.56. The molecule has 0 saturated carbocycles. The third-order valence-electron chi connectivity index (χ3n) is 3.27. The van der Waals surface area contributed by atoms with E-state index in [9.17, 15) is 24.0 Å². The summed E-state index contributed by atoms with van der Waals surface area (Å²) in [6, 6.07) is 0. The van der Waals surface area contributed by atoms with Crippen LogP contribution in [0.5, 0.6) is 0 Å². The van der Waals surface area contributed by atoms with Crippen molar-refractivity contribution < 1.29 is 24.0 Å². The minimum Gasteiger partial charge on any atom is -0.355 e. The van der Waals surface area contributed by atoms with E-state index < -0.39 is 0 Å². The first-order valence-corrected chi connectivity index (χ1v) is 12.3. The van der Waals surface area contributed by atoms with Crippen molar-refractivity contribution in [2.75, 3.05) is 36.1 Å². The summed E-state index contributed by atoms with van der Waals surface area (Å²) in [6.07, 6.45) is 1.76. The molecule has 0 aliphatic carbocycles. The van der Waals surface area contributed by atoms with Crippen molar-refractivity contribution in [1.82, 2.24) is 26.9 Å². The topological polar surface area (TPSA) is 172 Å². The van der Waals surface area contributed by atoms with Crippen LogP contribution in [0, 0.1) is 0 Å². The van der Waals surface area contributed by atoms with Crippen LogP contribution in [0.4, 0.5) is 0 Å². The number of hydrogen-bond acceptors (Lipinski definition) is 8. The number of hydrogen-bond donors (Lipinski definition) is 6. The Morgan fingerprint density at radius 2 is 1.13 bits per heavy atom. The molecule has 0 fully saturated rings. The fourth-order valence-electron chi connectivity index (χ4n) is 1.60. The van der Waals surface area contributed by atoms with Gasteiger partial charge in [0.05, 0.1) is 0 Å². The van der Waals surface area contributed by atoms with E-state index in [1.165, 1.54) is 6.92 Å². The molecule has 0 unspecified atom stereocenters. The first-order valence-electron chi connectivity index (χ1n) is 10.00. The standard InChI is InChI=1S/C10H19N3O3S.C8H17N3O2S/c1-3-9(15)11-5-7-17-6-4-10(16)13-12-8(2)14;1-2-7(12)10-4-6-14-5-3-8(13)11-9/h3-7H2,1-2H3,(H,11,15)(H,12,14)(H,13,16);2-6,9H2,1H3,(H,10,12)(H,11,13). The lowest BCUT2D eigenvalue weighted by Gasteiger charge is -2.05. The summed E-state index contributed by atoms with van der Waals surface area (Å²) in [7, 11) is 0. The lowest BCUT2D eigenvalue weighted by molar-refractivity contribution is -0.127. The third-order valence-corrected chi connectivity index (χ3v) is 5.24. The van der Waals surface area contributed by atoms with Crippen molar-refractivity contribution in [2.24, 2.45) is 5.84 Å². The fourth-order valence-corrected chi connectivity index (χ4v) is 3.16. The van der Waals surface area contributed by atoms with Gasteiger partial charge in [0.2, 0.25) is 29.5 Å². The van der Waals surface area contributed by atoms with Gasteiger partial charge in [0.1, 0.15) is 0 Å². The molecule has 0 aliphatic rings. The molecule has 0 rings (SSSR count). The number of hydrazine groups is 2. The summed E-state index contributed by atoms with van der Waals surface area (Å²) in [4.78, 5) is 54.0. The Balaban J connectivity index is 0. The Kier molecular flexibility index (Phi) is 22.8. The second-order valence-corrected chi connectivity index (χ2v) is 8.38. The minimum atomic E-state index is -0.298. The number of amides is 5. The van der Waals surface area contributed by atoms with Gasteiger partial charge < -0.3 is 10.6 Å². The lowest BCUT2D eigenvalue weighted by Crippen LogP contribution is -2.40. The van der Waals surface area contributed by atoms with Gasteiger partial charge in [-0.25, -0.2) is 5.84 Å². The van der Waals surface area contributed by atoms with E-state index in [4.69, 9.17) is 5.84 Å². The molecule has 0 saturated heterocycles. The Morgan fingerprint density at radius 1 is 0.677 bits per heavy atom. The van der Waals surface area contributed by atoms with Crippen LogP contribution >= 0.6 is 23.5 Å². The normalized spacial score (nSPS) is 9.55. The van der Waals surface area contributed by atoms with E-state index in [2.05, 4.69) is 26.9 Å². The van der Waals surface area contributed by atoms with Gasteiger partial charge >= 0.3 is 0 Å². The van der Waals surface area contributed by atoms with E-state index >= 15 is 0 Å². The first kappa shape index (κ1) is 31.2. The molecule has 13 heteroatoms. The van der Waals surface area contributed by atoms with Gasteiger partial charge in [0, 0.05) is 68.7 Å². The summed E-state index contributed by atoms with van der Waals surface area (Å²) in [6.45, 7) is 6.21. The lowest BCUT2D eigenvalue weighted by atomic mass is 10.4. The second-order valence-electron chi connectivity index (χ2n) is 5.93. The van der Waals surface area contributed by atoms with Crippen LogP contribution in [-0.2, 0) is 24.0 Å². The molecule has 11 nitrogen and oxygen atoms in total. The molecule has 0 aliphatic heterocycles. The molecular weight excluding hydrogens is 444 g/mol. The zero-order valence-corrected chi connectivity index (χ0v) is 20.1. The van der Waals surface area contributed by atoms with Gasteiger partial charge in [0.25, 0.3) is 0 Å². The van der Waals surface area contributed by atoms with Crippen molar-refractivity contribution in [3.8, 4) is 0 Å². The Labute approximate surface area is 192 Å². The predicted molar refractivity (Wildman–Crippen MR) is 125 cm³/mol.